The van der Waals surface area contributed by atoms with Crippen LogP contribution < -0.4 is 0 Å². The van der Waals surface area contributed by atoms with Crippen molar-refractivity contribution in [2.45, 2.75) is 49.3 Å². The first-order valence-electron chi connectivity index (χ1n) is 12.3. The Hall–Kier alpha value is -2.35. The molecule has 0 spiro atoms. The molecule has 1 saturated carbocycles. The van der Waals surface area contributed by atoms with Gasteiger partial charge >= 0.3 is 12.2 Å². The Labute approximate surface area is 214 Å². The van der Waals surface area contributed by atoms with Gasteiger partial charge in [-0.3, -0.25) is 9.11 Å². The van der Waals surface area contributed by atoms with Crippen molar-refractivity contribution in [3.63, 3.8) is 0 Å². The number of alkyl halides is 3. The second-order valence-corrected chi connectivity index (χ2v) is 12.6. The maximum atomic E-state index is 13.4. The van der Waals surface area contributed by atoms with Crippen molar-refractivity contribution in [2.75, 3.05) is 44.8 Å². The molecule has 2 atom stereocenters. The molecular formula is C24H31F3N4O5S. The topological polar surface area (TPSA) is 112 Å². The zero-order chi connectivity index (χ0) is 26.4. The Morgan fingerprint density at radius 2 is 1.78 bits per heavy atom. The summed E-state index contributed by atoms with van der Waals surface area (Å²) in [5.41, 5.74) is 0.493. The van der Waals surface area contributed by atoms with Gasteiger partial charge in [-0.15, -0.1) is 0 Å². The van der Waals surface area contributed by atoms with Crippen molar-refractivity contribution >= 4 is 16.6 Å². The van der Waals surface area contributed by atoms with E-state index in [1.165, 1.54) is 12.1 Å². The number of carbonyl (C=O) groups excluding carboxylic acids is 1. The van der Waals surface area contributed by atoms with Gasteiger partial charge in [-0.2, -0.15) is 28.7 Å². The molecule has 0 bridgehead atoms. The van der Waals surface area contributed by atoms with Crippen LogP contribution in [-0.2, 0) is 16.8 Å². The van der Waals surface area contributed by atoms with Gasteiger partial charge in [0.05, 0.1) is 23.8 Å². The number of amides is 2. The number of hydrogen-bond donors (Lipinski definition) is 2. The van der Waals surface area contributed by atoms with Crippen LogP contribution >= 0.6 is 10.6 Å². The molecule has 2 amide bonds. The lowest BCUT2D eigenvalue weighted by Gasteiger charge is -2.44. The summed E-state index contributed by atoms with van der Waals surface area (Å²) >= 11 is 0. The highest BCUT2D eigenvalue weighted by Crippen LogP contribution is 2.48. The molecule has 9 nitrogen and oxygen atoms in total. The molecule has 1 aromatic carbocycles. The van der Waals surface area contributed by atoms with Crippen LogP contribution in [0.25, 0.3) is 0 Å². The van der Waals surface area contributed by atoms with Gasteiger partial charge in [-0.1, -0.05) is 29.4 Å². The fraction of sp³-hybridized carbons (Fsp3) is 0.625. The van der Waals surface area contributed by atoms with Crippen molar-refractivity contribution in [2.24, 2.45) is 0 Å². The molecule has 1 aromatic heterocycles. The monoisotopic (exact) mass is 544 g/mol. The summed E-state index contributed by atoms with van der Waals surface area (Å²) in [6.07, 6.45) is -3.08. The fourth-order valence-corrected chi connectivity index (χ4v) is 6.38. The summed E-state index contributed by atoms with van der Waals surface area (Å²) < 4.78 is 69.4. The minimum Gasteiger partial charge on any atom is -0.370 e. The SMILES string of the molecule is COC1(c2noc(C3CC(c4ccc(CC(F)(F)F)cc4)CN(C(=O)N4CCS(O)(O)CC4)C3)n2)CC1. The average Bonchev–Trinajstić information content (AvgIpc) is 3.50. The van der Waals surface area contributed by atoms with Crippen LogP contribution in [0.3, 0.4) is 0 Å². The third-order valence-electron chi connectivity index (χ3n) is 7.52. The summed E-state index contributed by atoms with van der Waals surface area (Å²) in [4.78, 5) is 21.4. The van der Waals surface area contributed by atoms with Crippen molar-refractivity contribution in [3.05, 3.63) is 47.1 Å². The lowest BCUT2D eigenvalue weighted by molar-refractivity contribution is -0.127. The summed E-state index contributed by atoms with van der Waals surface area (Å²) in [6.45, 7) is 1.22. The number of urea groups is 1. The van der Waals surface area contributed by atoms with Crippen molar-refractivity contribution in [1.82, 2.24) is 19.9 Å². The molecule has 5 rings (SSSR count). The highest BCUT2D eigenvalue weighted by Gasteiger charge is 2.50. The first-order chi connectivity index (χ1) is 17.5. The second-order valence-electron chi connectivity index (χ2n) is 10.2. The third-order valence-corrected chi connectivity index (χ3v) is 9.19. The first-order valence-corrected chi connectivity index (χ1v) is 14.2. The Kier molecular flexibility index (Phi) is 6.92. The zero-order valence-electron chi connectivity index (χ0n) is 20.5. The van der Waals surface area contributed by atoms with Crippen LogP contribution in [0.1, 0.15) is 53.9 Å². The number of methoxy groups -OCH3 is 1. The molecule has 3 aliphatic rings. The summed E-state index contributed by atoms with van der Waals surface area (Å²) in [5.74, 6) is 0.764. The fourth-order valence-electron chi connectivity index (χ4n) is 5.15. The Bertz CT molecular complexity index is 1110. The van der Waals surface area contributed by atoms with Crippen LogP contribution in [0, 0.1) is 0 Å². The normalized spacial score (nSPS) is 26.1. The number of likely N-dealkylation sites (tertiary alicyclic amines) is 1. The Morgan fingerprint density at radius 3 is 2.38 bits per heavy atom. The molecule has 2 aromatic rings. The van der Waals surface area contributed by atoms with E-state index < -0.39 is 28.8 Å². The largest absolute Gasteiger partial charge is 0.393 e. The van der Waals surface area contributed by atoms with E-state index in [4.69, 9.17) is 9.26 Å². The van der Waals surface area contributed by atoms with Crippen LogP contribution in [0.4, 0.5) is 18.0 Å². The van der Waals surface area contributed by atoms with Gasteiger partial charge in [0.1, 0.15) is 5.60 Å². The predicted octanol–water partition coefficient (Wildman–Crippen LogP) is 4.57. The summed E-state index contributed by atoms with van der Waals surface area (Å²) in [6, 6.07) is 6.13. The number of halogens is 3. The van der Waals surface area contributed by atoms with E-state index in [9.17, 15) is 27.1 Å². The minimum atomic E-state index is -4.28. The highest BCUT2D eigenvalue weighted by atomic mass is 32.3. The van der Waals surface area contributed by atoms with Gasteiger partial charge in [-0.05, 0) is 30.4 Å². The number of piperidine rings is 1. The van der Waals surface area contributed by atoms with E-state index in [1.54, 1.807) is 29.0 Å². The summed E-state index contributed by atoms with van der Waals surface area (Å²) in [7, 11) is -1.04. The van der Waals surface area contributed by atoms with Crippen LogP contribution in [0.5, 0.6) is 0 Å². The van der Waals surface area contributed by atoms with Gasteiger partial charge in [0.15, 0.2) is 0 Å². The van der Waals surface area contributed by atoms with Crippen LogP contribution in [-0.4, -0.2) is 86.0 Å². The lowest BCUT2D eigenvalue weighted by Crippen LogP contribution is -2.52. The quantitative estimate of drug-likeness (QED) is 0.567. The van der Waals surface area contributed by atoms with E-state index in [2.05, 4.69) is 10.1 Å². The van der Waals surface area contributed by atoms with Crippen molar-refractivity contribution in [3.8, 4) is 0 Å². The average molecular weight is 545 g/mol. The van der Waals surface area contributed by atoms with E-state index in [1.807, 2.05) is 0 Å². The van der Waals surface area contributed by atoms with Crippen molar-refractivity contribution < 1.29 is 36.3 Å². The first kappa shape index (κ1) is 26.3. The summed E-state index contributed by atoms with van der Waals surface area (Å²) in [5, 5.41) is 4.13. The molecule has 3 heterocycles. The molecule has 37 heavy (non-hydrogen) atoms. The third kappa shape index (κ3) is 5.89. The molecule has 204 valence electrons. The van der Waals surface area contributed by atoms with Gasteiger partial charge in [0, 0.05) is 39.2 Å². The smallest absolute Gasteiger partial charge is 0.370 e. The van der Waals surface area contributed by atoms with E-state index in [0.717, 1.165) is 18.4 Å². The maximum Gasteiger partial charge on any atom is 0.393 e. The number of hydrogen-bond acceptors (Lipinski definition) is 7. The number of carbonyl (C=O) groups is 1. The number of rotatable bonds is 5. The molecule has 2 unspecified atom stereocenters. The molecule has 1 aliphatic carbocycles. The lowest BCUT2D eigenvalue weighted by atomic mass is 9.84. The Morgan fingerprint density at radius 1 is 1.14 bits per heavy atom. The van der Waals surface area contributed by atoms with Crippen LogP contribution in [0.15, 0.2) is 28.8 Å². The van der Waals surface area contributed by atoms with Gasteiger partial charge < -0.3 is 19.1 Å². The predicted molar refractivity (Wildman–Crippen MR) is 130 cm³/mol. The molecule has 2 N–H and O–H groups in total. The van der Waals surface area contributed by atoms with E-state index in [0.29, 0.717) is 31.2 Å². The standard InChI is InChI=1S/C24H31F3N4O5S/c1-35-23(6-7-23)21-28-20(36-29-21)19-12-18(17-4-2-16(3-5-17)13-24(25,26)27)14-31(15-19)22(32)30-8-10-37(33,34)11-9-30/h2-5,18-19,33-34H,6-15H2,1H3. The van der Waals surface area contributed by atoms with E-state index >= 15 is 0 Å². The Balaban J connectivity index is 1.37. The number of benzene rings is 1. The minimum absolute atomic E-state index is 0.145. The second kappa shape index (κ2) is 9.75. The molecule has 3 fully saturated rings. The molecule has 2 aliphatic heterocycles. The zero-order valence-corrected chi connectivity index (χ0v) is 21.3. The van der Waals surface area contributed by atoms with Crippen LogP contribution in [0.2, 0.25) is 0 Å². The number of nitrogens with zero attached hydrogens (tertiary/aromatic N) is 4. The number of ether oxygens (including phenoxy) is 1. The van der Waals surface area contributed by atoms with E-state index in [-0.39, 0.29) is 48.0 Å². The number of aromatic nitrogens is 2. The molecule has 13 heteroatoms. The highest BCUT2D eigenvalue weighted by molar-refractivity contribution is 8.24. The molecule has 2 saturated heterocycles. The van der Waals surface area contributed by atoms with Crippen molar-refractivity contribution in [1.29, 1.82) is 0 Å². The van der Waals surface area contributed by atoms with Gasteiger partial charge in [0.25, 0.3) is 0 Å². The molecular weight excluding hydrogens is 513 g/mol. The van der Waals surface area contributed by atoms with Gasteiger partial charge in [0.2, 0.25) is 11.7 Å². The maximum absolute atomic E-state index is 13.4. The molecule has 0 radical (unpaired) electrons. The van der Waals surface area contributed by atoms with Gasteiger partial charge in [-0.25, -0.2) is 4.79 Å².